The van der Waals surface area contributed by atoms with E-state index in [4.69, 9.17) is 5.73 Å². The second-order valence-corrected chi connectivity index (χ2v) is 3.76. The van der Waals surface area contributed by atoms with Gasteiger partial charge in [0.15, 0.2) is 0 Å². The van der Waals surface area contributed by atoms with Crippen LogP contribution in [-0.2, 0) is 4.79 Å². The Balaban J connectivity index is 2.96. The molecule has 6 nitrogen and oxygen atoms in total. The molecule has 1 aromatic rings. The van der Waals surface area contributed by atoms with Crippen LogP contribution in [0.1, 0.15) is 17.3 Å². The smallest absolute Gasteiger partial charge is 0.256 e. The highest BCUT2D eigenvalue weighted by Gasteiger charge is 2.19. The topological polar surface area (TPSA) is 95.7 Å². The maximum Gasteiger partial charge on any atom is 0.256 e. The summed E-state index contributed by atoms with van der Waals surface area (Å²) < 4.78 is 0. The summed E-state index contributed by atoms with van der Waals surface area (Å²) in [6, 6.07) is 4.15. The van der Waals surface area contributed by atoms with Crippen molar-refractivity contribution in [3.8, 4) is 5.75 Å². The summed E-state index contributed by atoms with van der Waals surface area (Å²) in [6.07, 6.45) is 0. The summed E-state index contributed by atoms with van der Waals surface area (Å²) in [6.45, 7) is 2.10. The number of nitrogen functional groups attached to an aromatic ring is 1. The minimum atomic E-state index is -0.380. The summed E-state index contributed by atoms with van der Waals surface area (Å²) >= 11 is 0. The third kappa shape index (κ3) is 3.13. The van der Waals surface area contributed by atoms with Gasteiger partial charge in [0.25, 0.3) is 5.91 Å². The van der Waals surface area contributed by atoms with Gasteiger partial charge in [0.05, 0.1) is 12.1 Å². The van der Waals surface area contributed by atoms with Crippen molar-refractivity contribution < 1.29 is 14.7 Å². The Hall–Kier alpha value is -2.24. The van der Waals surface area contributed by atoms with Gasteiger partial charge < -0.3 is 21.1 Å². The van der Waals surface area contributed by atoms with Crippen LogP contribution < -0.4 is 11.1 Å². The molecule has 0 aromatic heterocycles. The summed E-state index contributed by atoms with van der Waals surface area (Å²) in [5, 5.41) is 11.8. The first-order valence-electron chi connectivity index (χ1n) is 5.58. The summed E-state index contributed by atoms with van der Waals surface area (Å²) in [7, 11) is 1.50. The van der Waals surface area contributed by atoms with Crippen molar-refractivity contribution >= 4 is 17.5 Å². The van der Waals surface area contributed by atoms with Crippen LogP contribution in [0.2, 0.25) is 0 Å². The Kier molecular flexibility index (Phi) is 4.53. The molecule has 0 saturated carbocycles. The van der Waals surface area contributed by atoms with E-state index >= 15 is 0 Å². The zero-order valence-corrected chi connectivity index (χ0v) is 10.4. The van der Waals surface area contributed by atoms with E-state index in [-0.39, 0.29) is 35.4 Å². The Bertz CT molecular complexity index is 460. The molecule has 0 bridgehead atoms. The molecule has 0 fully saturated rings. The second-order valence-electron chi connectivity index (χ2n) is 3.76. The molecule has 0 radical (unpaired) electrons. The number of hydrogen-bond donors (Lipinski definition) is 3. The van der Waals surface area contributed by atoms with Crippen LogP contribution in [-0.4, -0.2) is 42.0 Å². The Morgan fingerprint density at radius 2 is 2.11 bits per heavy atom. The van der Waals surface area contributed by atoms with E-state index in [9.17, 15) is 14.7 Å². The molecule has 0 atom stereocenters. The first-order chi connectivity index (χ1) is 8.49. The fourth-order valence-electron chi connectivity index (χ4n) is 1.48. The first kappa shape index (κ1) is 13.8. The quantitative estimate of drug-likeness (QED) is 0.525. The van der Waals surface area contributed by atoms with Gasteiger partial charge in [-0.2, -0.15) is 0 Å². The van der Waals surface area contributed by atoms with Crippen molar-refractivity contribution in [2.24, 2.45) is 0 Å². The van der Waals surface area contributed by atoms with Crippen LogP contribution in [0.4, 0.5) is 5.69 Å². The molecule has 0 aliphatic carbocycles. The number of rotatable bonds is 4. The molecule has 1 rings (SSSR count). The largest absolute Gasteiger partial charge is 0.508 e. The fraction of sp³-hybridized carbons (Fsp3) is 0.333. The number of nitrogens with one attached hydrogen (secondary N) is 1. The monoisotopic (exact) mass is 251 g/mol. The van der Waals surface area contributed by atoms with Gasteiger partial charge in [-0.05, 0) is 25.1 Å². The molecule has 18 heavy (non-hydrogen) atoms. The molecule has 2 amide bonds. The molecule has 1 aromatic carbocycles. The molecule has 0 heterocycles. The Labute approximate surface area is 105 Å². The highest BCUT2D eigenvalue weighted by Crippen LogP contribution is 2.20. The van der Waals surface area contributed by atoms with E-state index in [1.54, 1.807) is 6.92 Å². The average Bonchev–Trinajstić information content (AvgIpc) is 2.37. The Morgan fingerprint density at radius 1 is 1.44 bits per heavy atom. The normalized spacial score (nSPS) is 9.89. The summed E-state index contributed by atoms with van der Waals surface area (Å²) in [4.78, 5) is 24.8. The van der Waals surface area contributed by atoms with Crippen molar-refractivity contribution in [1.82, 2.24) is 10.2 Å². The highest BCUT2D eigenvalue weighted by molar-refractivity contribution is 6.01. The lowest BCUT2D eigenvalue weighted by molar-refractivity contribution is -0.121. The van der Waals surface area contributed by atoms with Crippen LogP contribution in [0, 0.1) is 0 Å². The predicted octanol–water partition coefficient (Wildman–Crippen LogP) is 0.182. The molecule has 98 valence electrons. The van der Waals surface area contributed by atoms with E-state index in [2.05, 4.69) is 5.32 Å². The van der Waals surface area contributed by atoms with Crippen molar-refractivity contribution in [1.29, 1.82) is 0 Å². The first-order valence-corrected chi connectivity index (χ1v) is 5.58. The minimum absolute atomic E-state index is 0.0384. The molecular formula is C12H17N3O3. The number of likely N-dealkylation sites (N-methyl/N-ethyl adjacent to an activating group) is 2. The number of phenols is 1. The van der Waals surface area contributed by atoms with E-state index in [1.165, 1.54) is 30.1 Å². The average molecular weight is 251 g/mol. The van der Waals surface area contributed by atoms with Gasteiger partial charge in [-0.3, -0.25) is 9.59 Å². The van der Waals surface area contributed by atoms with Gasteiger partial charge in [-0.25, -0.2) is 0 Å². The number of anilines is 1. The number of amides is 2. The van der Waals surface area contributed by atoms with E-state index in [0.717, 1.165) is 0 Å². The number of nitrogens with two attached hydrogens (primary N) is 1. The van der Waals surface area contributed by atoms with Gasteiger partial charge in [-0.15, -0.1) is 0 Å². The molecule has 6 heteroatoms. The number of carbonyl (C=O) groups is 2. The van der Waals surface area contributed by atoms with Gasteiger partial charge in [-0.1, -0.05) is 0 Å². The van der Waals surface area contributed by atoms with Crippen LogP contribution in [0.3, 0.4) is 0 Å². The Morgan fingerprint density at radius 3 is 2.67 bits per heavy atom. The molecule has 0 unspecified atom stereocenters. The van der Waals surface area contributed by atoms with E-state index < -0.39 is 0 Å². The van der Waals surface area contributed by atoms with Gasteiger partial charge in [0.1, 0.15) is 5.75 Å². The van der Waals surface area contributed by atoms with Crippen molar-refractivity contribution in [2.75, 3.05) is 25.9 Å². The zero-order chi connectivity index (χ0) is 13.7. The van der Waals surface area contributed by atoms with E-state index in [0.29, 0.717) is 6.54 Å². The van der Waals surface area contributed by atoms with Crippen LogP contribution in [0.25, 0.3) is 0 Å². The maximum atomic E-state index is 12.2. The van der Waals surface area contributed by atoms with Crippen LogP contribution in [0.5, 0.6) is 5.75 Å². The SMILES string of the molecule is CCN(CC(=O)NC)C(=O)c1cc(O)ccc1N. The van der Waals surface area contributed by atoms with Gasteiger partial charge in [0.2, 0.25) is 5.91 Å². The second kappa shape index (κ2) is 5.90. The lowest BCUT2D eigenvalue weighted by Crippen LogP contribution is -2.39. The number of nitrogens with zero attached hydrogens (tertiary/aromatic N) is 1. The molecule has 4 N–H and O–H groups in total. The molecule has 0 saturated heterocycles. The molecule has 0 spiro atoms. The van der Waals surface area contributed by atoms with Crippen molar-refractivity contribution in [2.45, 2.75) is 6.92 Å². The van der Waals surface area contributed by atoms with Crippen molar-refractivity contribution in [3.63, 3.8) is 0 Å². The standard InChI is InChI=1S/C12H17N3O3/c1-3-15(7-11(17)14-2)12(18)9-6-8(16)4-5-10(9)13/h4-6,16H,3,7,13H2,1-2H3,(H,14,17). The summed E-state index contributed by atoms with van der Waals surface area (Å²) in [5.41, 5.74) is 6.15. The van der Waals surface area contributed by atoms with Crippen LogP contribution in [0.15, 0.2) is 18.2 Å². The number of aromatic hydroxyl groups is 1. The molecule has 0 aliphatic rings. The number of carbonyl (C=O) groups excluding carboxylic acids is 2. The molecule has 0 aliphatic heterocycles. The minimum Gasteiger partial charge on any atom is -0.508 e. The van der Waals surface area contributed by atoms with Gasteiger partial charge >= 0.3 is 0 Å². The van der Waals surface area contributed by atoms with Crippen LogP contribution >= 0.6 is 0 Å². The predicted molar refractivity (Wildman–Crippen MR) is 68.2 cm³/mol. The highest BCUT2D eigenvalue weighted by atomic mass is 16.3. The number of phenolic OH excluding ortho intramolecular Hbond substituents is 1. The lowest BCUT2D eigenvalue weighted by Gasteiger charge is -2.20. The molecular weight excluding hydrogens is 234 g/mol. The van der Waals surface area contributed by atoms with Gasteiger partial charge in [0, 0.05) is 19.3 Å². The summed E-state index contributed by atoms with van der Waals surface area (Å²) in [5.74, 6) is -0.679. The third-order valence-electron chi connectivity index (χ3n) is 2.55. The third-order valence-corrected chi connectivity index (χ3v) is 2.55. The maximum absolute atomic E-state index is 12.2. The number of benzene rings is 1. The fourth-order valence-corrected chi connectivity index (χ4v) is 1.48. The van der Waals surface area contributed by atoms with Crippen molar-refractivity contribution in [3.05, 3.63) is 23.8 Å². The number of hydrogen-bond acceptors (Lipinski definition) is 4. The van der Waals surface area contributed by atoms with E-state index in [1.807, 2.05) is 0 Å². The zero-order valence-electron chi connectivity index (χ0n) is 10.4. The lowest BCUT2D eigenvalue weighted by atomic mass is 10.1.